The predicted molar refractivity (Wildman–Crippen MR) is 197 cm³/mol. The van der Waals surface area contributed by atoms with Gasteiger partial charge < -0.3 is 19.5 Å². The monoisotopic (exact) mass is 674 g/mol. The molecule has 1 aliphatic carbocycles. The molecule has 1 heterocycles. The van der Waals surface area contributed by atoms with Gasteiger partial charge in [-0.1, -0.05) is 93.1 Å². The number of nitrogens with zero attached hydrogens (tertiary/aromatic N) is 1. The van der Waals surface area contributed by atoms with E-state index in [9.17, 15) is 9.59 Å². The van der Waals surface area contributed by atoms with Gasteiger partial charge in [-0.15, -0.1) is 0 Å². The lowest BCUT2D eigenvalue weighted by atomic mass is 9.87. The number of ether oxygens (including phenoxy) is 3. The second kappa shape index (κ2) is 15.5. The lowest BCUT2D eigenvalue weighted by molar-refractivity contribution is -0.151. The number of benzene rings is 4. The number of hydrogen-bond donors (Lipinski definition) is 1. The summed E-state index contributed by atoms with van der Waals surface area (Å²) in [6, 6.07) is 32.4. The maximum atomic E-state index is 13.4. The predicted octanol–water partition coefficient (Wildman–Crippen LogP) is 7.50. The van der Waals surface area contributed by atoms with Crippen LogP contribution in [0, 0.1) is 18.8 Å². The number of likely N-dealkylation sites (tertiary alicyclic amines) is 1. The number of hydrogen-bond acceptors (Lipinski definition) is 6. The molecule has 0 bridgehead atoms. The summed E-state index contributed by atoms with van der Waals surface area (Å²) < 4.78 is 17.4. The summed E-state index contributed by atoms with van der Waals surface area (Å²) in [7, 11) is 0. The van der Waals surface area contributed by atoms with Crippen LogP contribution in [0.5, 0.6) is 11.5 Å². The van der Waals surface area contributed by atoms with Gasteiger partial charge in [-0.05, 0) is 89.6 Å². The Labute approximate surface area is 296 Å². The molecule has 1 amide bonds. The number of carbonyl (C=O) groups excluding carboxylic acids is 2. The molecule has 4 atom stereocenters. The van der Waals surface area contributed by atoms with E-state index in [1.807, 2.05) is 61.5 Å². The maximum absolute atomic E-state index is 13.4. The molecule has 1 unspecified atom stereocenters. The molecule has 2 aliphatic rings. The third kappa shape index (κ3) is 8.75. The largest absolute Gasteiger partial charge is 0.492 e. The molecule has 50 heavy (non-hydrogen) atoms. The van der Waals surface area contributed by atoms with Gasteiger partial charge in [0.2, 0.25) is 0 Å². The van der Waals surface area contributed by atoms with E-state index < -0.39 is 12.1 Å². The van der Waals surface area contributed by atoms with Crippen LogP contribution in [0.3, 0.4) is 0 Å². The minimum absolute atomic E-state index is 0.0288. The molecule has 7 heteroatoms. The van der Waals surface area contributed by atoms with E-state index in [4.69, 9.17) is 14.2 Å². The Bertz CT molecular complexity index is 1740. The summed E-state index contributed by atoms with van der Waals surface area (Å²) in [6.07, 6.45) is -0.407. The van der Waals surface area contributed by atoms with E-state index in [0.717, 1.165) is 36.3 Å². The molecule has 4 aromatic rings. The van der Waals surface area contributed by atoms with Crippen molar-refractivity contribution in [3.05, 3.63) is 130 Å². The van der Waals surface area contributed by atoms with Crippen LogP contribution < -0.4 is 14.8 Å². The average Bonchev–Trinajstić information content (AvgIpc) is 3.59. The van der Waals surface area contributed by atoms with Crippen LogP contribution in [0.25, 0.3) is 0 Å². The molecule has 6 rings (SSSR count). The minimum atomic E-state index is -0.771. The summed E-state index contributed by atoms with van der Waals surface area (Å²) >= 11 is 0. The molecule has 1 N–H and O–H groups in total. The molecule has 0 spiro atoms. The van der Waals surface area contributed by atoms with Crippen molar-refractivity contribution >= 4 is 11.9 Å². The van der Waals surface area contributed by atoms with Gasteiger partial charge in [-0.3, -0.25) is 9.69 Å². The summed E-state index contributed by atoms with van der Waals surface area (Å²) in [4.78, 5) is 28.7. The Hall–Kier alpha value is -4.62. The highest BCUT2D eigenvalue weighted by molar-refractivity contribution is 5.96. The molecular weight excluding hydrogens is 624 g/mol. The van der Waals surface area contributed by atoms with E-state index in [-0.39, 0.29) is 17.9 Å². The Morgan fingerprint density at radius 3 is 2.20 bits per heavy atom. The third-order valence-electron chi connectivity index (χ3n) is 9.88. The van der Waals surface area contributed by atoms with Gasteiger partial charge in [0, 0.05) is 31.6 Å². The van der Waals surface area contributed by atoms with Crippen LogP contribution in [-0.4, -0.2) is 55.7 Å². The van der Waals surface area contributed by atoms with Crippen LogP contribution in [0.2, 0.25) is 0 Å². The van der Waals surface area contributed by atoms with Gasteiger partial charge in [0.05, 0.1) is 13.2 Å². The van der Waals surface area contributed by atoms with Gasteiger partial charge in [-0.2, -0.15) is 0 Å². The number of piperidine rings is 1. The van der Waals surface area contributed by atoms with E-state index in [0.29, 0.717) is 48.8 Å². The van der Waals surface area contributed by atoms with Crippen LogP contribution in [0.4, 0.5) is 0 Å². The first-order valence-electron chi connectivity index (χ1n) is 17.9. The Balaban J connectivity index is 0.983. The van der Waals surface area contributed by atoms with E-state index in [1.165, 1.54) is 16.7 Å². The summed E-state index contributed by atoms with van der Waals surface area (Å²) in [6.45, 7) is 14.5. The molecule has 262 valence electrons. The number of aryl methyl sites for hydroxylation is 1. The van der Waals surface area contributed by atoms with Crippen molar-refractivity contribution in [1.29, 1.82) is 0 Å². The Morgan fingerprint density at radius 2 is 1.54 bits per heavy atom. The molecule has 4 aromatic carbocycles. The topological polar surface area (TPSA) is 77.1 Å². The van der Waals surface area contributed by atoms with E-state index >= 15 is 0 Å². The lowest BCUT2D eigenvalue weighted by Gasteiger charge is -2.21. The average molecular weight is 675 g/mol. The third-order valence-corrected chi connectivity index (χ3v) is 9.88. The zero-order valence-corrected chi connectivity index (χ0v) is 30.0. The molecule has 7 nitrogen and oxygen atoms in total. The second-order valence-electron chi connectivity index (χ2n) is 14.7. The molecule has 2 fully saturated rings. The minimum Gasteiger partial charge on any atom is -0.492 e. The smallest absolute Gasteiger partial charge is 0.347 e. The molecular formula is C43H50N2O5. The molecule has 1 saturated carbocycles. The second-order valence-corrected chi connectivity index (χ2v) is 14.7. The standard InChI is InChI=1S/C43H50N2O5/c1-6-48-42(47)39(50-34-19-15-32(16-20-34)43(3,4)5)25-30-13-17-33(18-14-30)49-23-22-44-41(46)36-24-29(2)12-21-35(36)40-37-27-45(28-38(37)40)26-31-10-8-7-9-11-31/h7-21,24,37-40H,6,22-23,25-28H2,1-5H3,(H,44,46)/t37-,38?,39-,40-/m0/s1. The summed E-state index contributed by atoms with van der Waals surface area (Å²) in [5.41, 5.74) is 6.54. The SMILES string of the molecule is CCOC(=O)[C@H](Cc1ccc(OCCNC(=O)c2cc(C)ccc2[C@@H]2C3CN(Cc4ccccc4)C[C@@H]32)cc1)Oc1ccc(C(C)(C)C)cc1. The van der Waals surface area contributed by atoms with Crippen molar-refractivity contribution in [1.82, 2.24) is 10.2 Å². The number of rotatable bonds is 14. The van der Waals surface area contributed by atoms with Crippen molar-refractivity contribution in [2.75, 3.05) is 32.8 Å². The van der Waals surface area contributed by atoms with Crippen molar-refractivity contribution in [3.8, 4) is 11.5 Å². The summed E-state index contributed by atoms with van der Waals surface area (Å²) in [5, 5.41) is 3.08. The molecule has 0 radical (unpaired) electrons. The van der Waals surface area contributed by atoms with Crippen molar-refractivity contribution in [3.63, 3.8) is 0 Å². The fourth-order valence-electron chi connectivity index (χ4n) is 7.17. The zero-order valence-electron chi connectivity index (χ0n) is 30.0. The van der Waals surface area contributed by atoms with Crippen LogP contribution >= 0.6 is 0 Å². The van der Waals surface area contributed by atoms with Crippen LogP contribution in [0.1, 0.15) is 71.8 Å². The van der Waals surface area contributed by atoms with Gasteiger partial charge >= 0.3 is 5.97 Å². The number of amides is 1. The molecule has 1 saturated heterocycles. The van der Waals surface area contributed by atoms with Gasteiger partial charge in [0.1, 0.15) is 18.1 Å². The Morgan fingerprint density at radius 1 is 0.860 bits per heavy atom. The van der Waals surface area contributed by atoms with Crippen LogP contribution in [-0.2, 0) is 27.9 Å². The highest BCUT2D eigenvalue weighted by Gasteiger charge is 2.56. The highest BCUT2D eigenvalue weighted by Crippen LogP contribution is 2.59. The van der Waals surface area contributed by atoms with Crippen molar-refractivity contribution < 1.29 is 23.8 Å². The summed E-state index contributed by atoms with van der Waals surface area (Å²) in [5.74, 6) is 2.54. The van der Waals surface area contributed by atoms with Crippen LogP contribution in [0.15, 0.2) is 97.1 Å². The Kier molecular flexibility index (Phi) is 10.9. The highest BCUT2D eigenvalue weighted by atomic mass is 16.6. The first-order chi connectivity index (χ1) is 24.1. The number of nitrogens with one attached hydrogen (secondary N) is 1. The number of fused-ring (bicyclic) bond motifs is 1. The normalized spacial score (nSPS) is 18.9. The fraction of sp³-hybridized carbons (Fsp3) is 0.395. The van der Waals surface area contributed by atoms with Crippen molar-refractivity contribution in [2.24, 2.45) is 11.8 Å². The quantitative estimate of drug-likeness (QED) is 0.110. The first kappa shape index (κ1) is 35.2. The maximum Gasteiger partial charge on any atom is 0.347 e. The zero-order chi connectivity index (χ0) is 35.3. The van der Waals surface area contributed by atoms with Gasteiger partial charge in [0.25, 0.3) is 5.91 Å². The van der Waals surface area contributed by atoms with Gasteiger partial charge in [0.15, 0.2) is 6.10 Å². The number of esters is 1. The lowest BCUT2D eigenvalue weighted by Crippen LogP contribution is -2.31. The van der Waals surface area contributed by atoms with Gasteiger partial charge in [-0.25, -0.2) is 4.79 Å². The number of carbonyl (C=O) groups is 2. The first-order valence-corrected chi connectivity index (χ1v) is 17.9. The molecule has 0 aromatic heterocycles. The molecule has 1 aliphatic heterocycles. The van der Waals surface area contributed by atoms with E-state index in [2.05, 4.69) is 73.5 Å². The van der Waals surface area contributed by atoms with Crippen molar-refractivity contribution in [2.45, 2.75) is 65.0 Å². The van der Waals surface area contributed by atoms with E-state index in [1.54, 1.807) is 6.92 Å². The fourth-order valence-corrected chi connectivity index (χ4v) is 7.17.